The molecule has 2 aromatic carbocycles. The predicted molar refractivity (Wildman–Crippen MR) is 78.2 cm³/mol. The average molecular weight is 293 g/mol. The number of hydrogen-bond acceptors (Lipinski definition) is 1. The summed E-state index contributed by atoms with van der Waals surface area (Å²) < 4.78 is 38.6. The fourth-order valence-corrected chi connectivity index (χ4v) is 3.20. The fourth-order valence-electron chi connectivity index (χ4n) is 3.20. The van der Waals surface area contributed by atoms with E-state index in [-0.39, 0.29) is 18.9 Å². The molecule has 1 N–H and O–H groups in total. The van der Waals surface area contributed by atoms with Crippen LogP contribution < -0.4 is 5.32 Å². The molecule has 1 aliphatic heterocycles. The van der Waals surface area contributed by atoms with Gasteiger partial charge in [-0.15, -0.1) is 0 Å². The van der Waals surface area contributed by atoms with Crippen LogP contribution in [0.1, 0.15) is 18.4 Å². The van der Waals surface area contributed by atoms with Crippen LogP contribution in [0.5, 0.6) is 0 Å². The van der Waals surface area contributed by atoms with Crippen LogP contribution in [0.15, 0.2) is 42.5 Å². The number of nitrogens with one attached hydrogen (secondary N) is 1. The monoisotopic (exact) mass is 293 g/mol. The van der Waals surface area contributed by atoms with Gasteiger partial charge in [0.05, 0.1) is 5.92 Å². The van der Waals surface area contributed by atoms with Crippen molar-refractivity contribution in [2.24, 2.45) is 5.92 Å². The van der Waals surface area contributed by atoms with Crippen LogP contribution in [0, 0.1) is 5.92 Å². The molecule has 2 aromatic rings. The topological polar surface area (TPSA) is 12.0 Å². The van der Waals surface area contributed by atoms with Gasteiger partial charge in [0, 0.05) is 6.04 Å². The van der Waals surface area contributed by atoms with Crippen molar-refractivity contribution in [3.8, 4) is 0 Å². The molecule has 0 spiro atoms. The van der Waals surface area contributed by atoms with Gasteiger partial charge in [-0.25, -0.2) is 0 Å². The zero-order chi connectivity index (χ0) is 14.9. The second-order valence-corrected chi connectivity index (χ2v) is 5.76. The summed E-state index contributed by atoms with van der Waals surface area (Å²) in [6.07, 6.45) is -3.06. The third kappa shape index (κ3) is 3.21. The molecule has 0 saturated carbocycles. The van der Waals surface area contributed by atoms with Gasteiger partial charge in [-0.05, 0) is 42.1 Å². The van der Waals surface area contributed by atoms with Gasteiger partial charge < -0.3 is 5.32 Å². The van der Waals surface area contributed by atoms with Crippen molar-refractivity contribution in [3.05, 3.63) is 48.0 Å². The third-order valence-corrected chi connectivity index (χ3v) is 4.30. The Kier molecular flexibility index (Phi) is 3.89. The molecule has 1 saturated heterocycles. The summed E-state index contributed by atoms with van der Waals surface area (Å²) in [6.45, 7) is 0.444. The van der Waals surface area contributed by atoms with Crippen LogP contribution >= 0.6 is 0 Å². The van der Waals surface area contributed by atoms with Gasteiger partial charge in [-0.1, -0.05) is 42.5 Å². The first-order valence-electron chi connectivity index (χ1n) is 7.31. The largest absolute Gasteiger partial charge is 0.391 e. The zero-order valence-corrected chi connectivity index (χ0v) is 11.7. The molecule has 2 atom stereocenters. The third-order valence-electron chi connectivity index (χ3n) is 4.30. The lowest BCUT2D eigenvalue weighted by Crippen LogP contribution is -2.43. The Morgan fingerprint density at radius 1 is 1.05 bits per heavy atom. The van der Waals surface area contributed by atoms with Crippen molar-refractivity contribution in [2.75, 3.05) is 6.54 Å². The number of piperidine rings is 1. The summed E-state index contributed by atoms with van der Waals surface area (Å²) in [5.74, 6) is -1.17. The van der Waals surface area contributed by atoms with Gasteiger partial charge >= 0.3 is 6.18 Å². The highest BCUT2D eigenvalue weighted by atomic mass is 19.4. The zero-order valence-electron chi connectivity index (χ0n) is 11.7. The Labute approximate surface area is 122 Å². The maximum atomic E-state index is 12.9. The Balaban J connectivity index is 1.79. The van der Waals surface area contributed by atoms with Gasteiger partial charge in [-0.3, -0.25) is 0 Å². The summed E-state index contributed by atoms with van der Waals surface area (Å²) in [5.41, 5.74) is 1.12. The average Bonchev–Trinajstić information content (AvgIpc) is 2.47. The summed E-state index contributed by atoms with van der Waals surface area (Å²) >= 11 is 0. The highest BCUT2D eigenvalue weighted by Crippen LogP contribution is 2.35. The SMILES string of the molecule is FC(F)(F)C1CCNC(Cc2cccc3ccccc23)C1. The van der Waals surface area contributed by atoms with Crippen molar-refractivity contribution < 1.29 is 13.2 Å². The molecule has 1 nitrogen and oxygen atoms in total. The summed E-state index contributed by atoms with van der Waals surface area (Å²) in [5, 5.41) is 5.51. The van der Waals surface area contributed by atoms with E-state index in [1.165, 1.54) is 0 Å². The minimum Gasteiger partial charge on any atom is -0.314 e. The van der Waals surface area contributed by atoms with Gasteiger partial charge in [-0.2, -0.15) is 13.2 Å². The van der Waals surface area contributed by atoms with Gasteiger partial charge in [0.1, 0.15) is 0 Å². The first kappa shape index (κ1) is 14.4. The Hall–Kier alpha value is -1.55. The van der Waals surface area contributed by atoms with Crippen molar-refractivity contribution in [3.63, 3.8) is 0 Å². The molecule has 0 aliphatic carbocycles. The van der Waals surface area contributed by atoms with Crippen molar-refractivity contribution in [1.29, 1.82) is 0 Å². The maximum absolute atomic E-state index is 12.9. The standard InChI is InChI=1S/C17H18F3N/c18-17(19,20)14-8-9-21-15(11-14)10-13-6-3-5-12-4-1-2-7-16(12)13/h1-7,14-15,21H,8-11H2. The molecule has 1 aliphatic rings. The second kappa shape index (κ2) is 5.68. The van der Waals surface area contributed by atoms with Crippen molar-refractivity contribution in [1.82, 2.24) is 5.32 Å². The molecule has 1 heterocycles. The normalized spacial score (nSPS) is 23.4. The Morgan fingerprint density at radius 2 is 1.81 bits per heavy atom. The molecule has 0 aromatic heterocycles. The van der Waals surface area contributed by atoms with E-state index in [9.17, 15) is 13.2 Å². The Bertz CT molecular complexity index is 615. The molecule has 3 rings (SSSR count). The van der Waals surface area contributed by atoms with E-state index in [1.54, 1.807) is 0 Å². The number of hydrogen-bond donors (Lipinski definition) is 1. The molecule has 4 heteroatoms. The molecule has 1 fully saturated rings. The highest BCUT2D eigenvalue weighted by Gasteiger charge is 2.42. The van der Waals surface area contributed by atoms with Crippen molar-refractivity contribution >= 4 is 10.8 Å². The molecule has 2 unspecified atom stereocenters. The quantitative estimate of drug-likeness (QED) is 0.870. The summed E-state index contributed by atoms with van der Waals surface area (Å²) in [4.78, 5) is 0. The van der Waals surface area contributed by atoms with E-state index in [4.69, 9.17) is 0 Å². The van der Waals surface area contributed by atoms with Crippen LogP contribution in [0.3, 0.4) is 0 Å². The molecule has 0 bridgehead atoms. The molecule has 112 valence electrons. The van der Waals surface area contributed by atoms with E-state index >= 15 is 0 Å². The van der Waals surface area contributed by atoms with E-state index in [1.807, 2.05) is 42.5 Å². The minimum absolute atomic E-state index is 0.101. The number of halogens is 3. The van der Waals surface area contributed by atoms with Gasteiger partial charge in [0.2, 0.25) is 0 Å². The second-order valence-electron chi connectivity index (χ2n) is 5.76. The summed E-state index contributed by atoms with van der Waals surface area (Å²) in [7, 11) is 0. The molecule has 0 amide bonds. The summed E-state index contributed by atoms with van der Waals surface area (Å²) in [6, 6.07) is 13.9. The Morgan fingerprint density at radius 3 is 2.62 bits per heavy atom. The molecular formula is C17H18F3N. The van der Waals surface area contributed by atoms with Crippen LogP contribution in [0.2, 0.25) is 0 Å². The lowest BCUT2D eigenvalue weighted by molar-refractivity contribution is -0.183. The van der Waals surface area contributed by atoms with E-state index in [0.717, 1.165) is 16.3 Å². The smallest absolute Gasteiger partial charge is 0.314 e. The lowest BCUT2D eigenvalue weighted by Gasteiger charge is -2.32. The number of alkyl halides is 3. The fraction of sp³-hybridized carbons (Fsp3) is 0.412. The maximum Gasteiger partial charge on any atom is 0.391 e. The van der Waals surface area contributed by atoms with E-state index in [0.29, 0.717) is 13.0 Å². The number of rotatable bonds is 2. The highest BCUT2D eigenvalue weighted by molar-refractivity contribution is 5.85. The molecule has 21 heavy (non-hydrogen) atoms. The lowest BCUT2D eigenvalue weighted by atomic mass is 9.88. The van der Waals surface area contributed by atoms with E-state index in [2.05, 4.69) is 5.32 Å². The number of benzene rings is 2. The van der Waals surface area contributed by atoms with Crippen LogP contribution in [0.4, 0.5) is 13.2 Å². The molecular weight excluding hydrogens is 275 g/mol. The van der Waals surface area contributed by atoms with Crippen LogP contribution in [0.25, 0.3) is 10.8 Å². The molecule has 0 radical (unpaired) electrons. The predicted octanol–water partition coefficient (Wildman–Crippen LogP) is 4.31. The van der Waals surface area contributed by atoms with Crippen molar-refractivity contribution in [2.45, 2.75) is 31.5 Å². The first-order chi connectivity index (χ1) is 10.0. The van der Waals surface area contributed by atoms with Crippen LogP contribution in [-0.2, 0) is 6.42 Å². The van der Waals surface area contributed by atoms with Gasteiger partial charge in [0.15, 0.2) is 0 Å². The van der Waals surface area contributed by atoms with E-state index < -0.39 is 12.1 Å². The first-order valence-corrected chi connectivity index (χ1v) is 7.31. The van der Waals surface area contributed by atoms with Crippen LogP contribution in [-0.4, -0.2) is 18.8 Å². The minimum atomic E-state index is -4.07. The van der Waals surface area contributed by atoms with Gasteiger partial charge in [0.25, 0.3) is 0 Å². The number of fused-ring (bicyclic) bond motifs is 1.